The van der Waals surface area contributed by atoms with Crippen LogP contribution in [0.25, 0.3) is 0 Å². The number of hydrogen-bond acceptors (Lipinski definition) is 4. The first-order chi connectivity index (χ1) is 12.9. The number of rotatable bonds is 8. The van der Waals surface area contributed by atoms with Crippen molar-refractivity contribution in [3.05, 3.63) is 23.4 Å². The second kappa shape index (κ2) is 6.80. The smallest absolute Gasteiger partial charge is 0.270 e. The molecule has 27 heavy (non-hydrogen) atoms. The fourth-order valence-corrected chi connectivity index (χ4v) is 3.92. The molecule has 4 rings (SSSR count). The summed E-state index contributed by atoms with van der Waals surface area (Å²) in [6.07, 6.45) is 5.40. The SMILES string of the molecule is CNC(=O)C1(NC(=O)c2ccc(C3CC3)c(OCC3CC3)n2)CC1C(C)C. The Morgan fingerprint density at radius 2 is 2.00 bits per heavy atom. The Kier molecular flexibility index (Phi) is 4.60. The molecule has 3 fully saturated rings. The molecule has 2 atom stereocenters. The molecular formula is C21H29N3O3. The molecule has 0 radical (unpaired) electrons. The Labute approximate surface area is 160 Å². The van der Waals surface area contributed by atoms with E-state index >= 15 is 0 Å². The van der Waals surface area contributed by atoms with Gasteiger partial charge in [0.15, 0.2) is 0 Å². The molecule has 2 unspecified atom stereocenters. The van der Waals surface area contributed by atoms with Crippen LogP contribution in [0.4, 0.5) is 0 Å². The van der Waals surface area contributed by atoms with E-state index in [1.807, 2.05) is 6.07 Å². The molecule has 1 heterocycles. The third kappa shape index (κ3) is 3.66. The van der Waals surface area contributed by atoms with E-state index in [1.165, 1.54) is 12.8 Å². The van der Waals surface area contributed by atoms with Gasteiger partial charge in [0.2, 0.25) is 11.8 Å². The summed E-state index contributed by atoms with van der Waals surface area (Å²) in [5, 5.41) is 5.66. The van der Waals surface area contributed by atoms with E-state index in [1.54, 1.807) is 13.1 Å². The maximum atomic E-state index is 12.9. The summed E-state index contributed by atoms with van der Waals surface area (Å²) in [6.45, 7) is 4.83. The average molecular weight is 371 g/mol. The van der Waals surface area contributed by atoms with Crippen LogP contribution in [-0.2, 0) is 4.79 Å². The van der Waals surface area contributed by atoms with Gasteiger partial charge in [-0.15, -0.1) is 0 Å². The molecule has 6 nitrogen and oxygen atoms in total. The van der Waals surface area contributed by atoms with E-state index in [0.717, 1.165) is 18.4 Å². The van der Waals surface area contributed by atoms with Gasteiger partial charge in [0, 0.05) is 12.6 Å². The van der Waals surface area contributed by atoms with Crippen LogP contribution in [0, 0.1) is 17.8 Å². The van der Waals surface area contributed by atoms with Gasteiger partial charge >= 0.3 is 0 Å². The van der Waals surface area contributed by atoms with Gasteiger partial charge in [0.25, 0.3) is 5.91 Å². The Morgan fingerprint density at radius 3 is 2.56 bits per heavy atom. The first-order valence-electron chi connectivity index (χ1n) is 10.1. The number of likely N-dealkylation sites (N-methyl/N-ethyl adjacent to an activating group) is 1. The predicted octanol–water partition coefficient (Wildman–Crippen LogP) is 2.64. The molecule has 0 saturated heterocycles. The third-order valence-corrected chi connectivity index (χ3v) is 6.08. The Balaban J connectivity index is 1.52. The number of carbonyl (C=O) groups excluding carboxylic acids is 2. The van der Waals surface area contributed by atoms with Crippen molar-refractivity contribution in [3.63, 3.8) is 0 Å². The summed E-state index contributed by atoms with van der Waals surface area (Å²) in [7, 11) is 1.61. The fourth-order valence-electron chi connectivity index (χ4n) is 3.92. The number of amides is 2. The van der Waals surface area contributed by atoms with Crippen molar-refractivity contribution in [1.29, 1.82) is 0 Å². The molecule has 3 saturated carbocycles. The fraction of sp³-hybridized carbons (Fsp3) is 0.667. The normalized spacial score (nSPS) is 26.6. The lowest BCUT2D eigenvalue weighted by atomic mass is 10.0. The van der Waals surface area contributed by atoms with Crippen LogP contribution in [0.2, 0.25) is 0 Å². The number of hydrogen-bond donors (Lipinski definition) is 2. The average Bonchev–Trinajstić information content (AvgIpc) is 3.52. The Morgan fingerprint density at radius 1 is 1.26 bits per heavy atom. The Bertz CT molecular complexity index is 755. The maximum absolute atomic E-state index is 12.9. The van der Waals surface area contributed by atoms with Crippen LogP contribution in [-0.4, -0.2) is 36.0 Å². The molecule has 0 spiro atoms. The van der Waals surface area contributed by atoms with Crippen molar-refractivity contribution in [1.82, 2.24) is 15.6 Å². The molecular weight excluding hydrogens is 342 g/mol. The molecule has 2 N–H and O–H groups in total. The monoisotopic (exact) mass is 371 g/mol. The summed E-state index contributed by atoms with van der Waals surface area (Å²) in [5.41, 5.74) is 0.619. The van der Waals surface area contributed by atoms with Crippen molar-refractivity contribution in [2.45, 2.75) is 57.4 Å². The topological polar surface area (TPSA) is 80.3 Å². The quantitative estimate of drug-likeness (QED) is 0.736. The first-order valence-corrected chi connectivity index (χ1v) is 10.1. The van der Waals surface area contributed by atoms with Crippen molar-refractivity contribution in [2.24, 2.45) is 17.8 Å². The summed E-state index contributed by atoms with van der Waals surface area (Å²) in [6, 6.07) is 3.73. The van der Waals surface area contributed by atoms with Gasteiger partial charge in [0.1, 0.15) is 11.2 Å². The highest BCUT2D eigenvalue weighted by Crippen LogP contribution is 2.49. The van der Waals surface area contributed by atoms with Gasteiger partial charge in [-0.25, -0.2) is 4.98 Å². The second-order valence-electron chi connectivity index (χ2n) is 8.68. The number of carbonyl (C=O) groups is 2. The van der Waals surface area contributed by atoms with Crippen LogP contribution in [0.3, 0.4) is 0 Å². The number of aromatic nitrogens is 1. The lowest BCUT2D eigenvalue weighted by Crippen LogP contribution is -2.50. The summed E-state index contributed by atoms with van der Waals surface area (Å²) in [4.78, 5) is 29.8. The summed E-state index contributed by atoms with van der Waals surface area (Å²) in [5.74, 6) is 1.78. The zero-order valence-electron chi connectivity index (χ0n) is 16.4. The van der Waals surface area contributed by atoms with Gasteiger partial charge in [-0.05, 0) is 61.8 Å². The molecule has 0 aromatic carbocycles. The van der Waals surface area contributed by atoms with Crippen molar-refractivity contribution < 1.29 is 14.3 Å². The van der Waals surface area contributed by atoms with E-state index in [9.17, 15) is 9.59 Å². The largest absolute Gasteiger partial charge is 0.477 e. The molecule has 1 aromatic heterocycles. The van der Waals surface area contributed by atoms with E-state index in [-0.39, 0.29) is 17.7 Å². The minimum atomic E-state index is -0.814. The summed E-state index contributed by atoms with van der Waals surface area (Å²) < 4.78 is 5.96. The minimum Gasteiger partial charge on any atom is -0.477 e. The third-order valence-electron chi connectivity index (χ3n) is 6.08. The molecule has 1 aromatic rings. The van der Waals surface area contributed by atoms with Crippen LogP contribution >= 0.6 is 0 Å². The molecule has 3 aliphatic carbocycles. The molecule has 6 heteroatoms. The molecule has 0 aliphatic heterocycles. The minimum absolute atomic E-state index is 0.130. The van der Waals surface area contributed by atoms with Gasteiger partial charge in [-0.1, -0.05) is 19.9 Å². The number of ether oxygens (including phenoxy) is 1. The number of nitrogens with zero attached hydrogens (tertiary/aromatic N) is 1. The van der Waals surface area contributed by atoms with E-state index < -0.39 is 5.54 Å². The lowest BCUT2D eigenvalue weighted by molar-refractivity contribution is -0.124. The van der Waals surface area contributed by atoms with E-state index in [0.29, 0.717) is 42.4 Å². The zero-order valence-corrected chi connectivity index (χ0v) is 16.4. The highest BCUT2D eigenvalue weighted by molar-refractivity contribution is 6.00. The molecule has 3 aliphatic rings. The first kappa shape index (κ1) is 18.3. The van der Waals surface area contributed by atoms with Gasteiger partial charge in [-0.2, -0.15) is 0 Å². The molecule has 0 bridgehead atoms. The van der Waals surface area contributed by atoms with Gasteiger partial charge in [0.05, 0.1) is 6.61 Å². The highest BCUT2D eigenvalue weighted by Gasteiger charge is 2.61. The Hall–Kier alpha value is -2.11. The lowest BCUT2D eigenvalue weighted by Gasteiger charge is -2.19. The summed E-state index contributed by atoms with van der Waals surface area (Å²) >= 11 is 0. The van der Waals surface area contributed by atoms with Crippen LogP contribution in [0.1, 0.15) is 67.9 Å². The number of pyridine rings is 1. The van der Waals surface area contributed by atoms with Gasteiger partial charge in [-0.3, -0.25) is 9.59 Å². The second-order valence-corrected chi connectivity index (χ2v) is 8.68. The van der Waals surface area contributed by atoms with Crippen molar-refractivity contribution in [3.8, 4) is 5.88 Å². The van der Waals surface area contributed by atoms with Crippen molar-refractivity contribution >= 4 is 11.8 Å². The van der Waals surface area contributed by atoms with Gasteiger partial charge < -0.3 is 15.4 Å². The zero-order chi connectivity index (χ0) is 19.2. The van der Waals surface area contributed by atoms with Crippen molar-refractivity contribution in [2.75, 3.05) is 13.7 Å². The highest BCUT2D eigenvalue weighted by atomic mass is 16.5. The van der Waals surface area contributed by atoms with Crippen LogP contribution in [0.5, 0.6) is 5.88 Å². The molecule has 2 amide bonds. The molecule has 146 valence electrons. The predicted molar refractivity (Wildman–Crippen MR) is 102 cm³/mol. The van der Waals surface area contributed by atoms with E-state index in [2.05, 4.69) is 29.5 Å². The van der Waals surface area contributed by atoms with E-state index in [4.69, 9.17) is 4.74 Å². The van der Waals surface area contributed by atoms with Crippen LogP contribution in [0.15, 0.2) is 12.1 Å². The maximum Gasteiger partial charge on any atom is 0.270 e. The standard InChI is InChI=1S/C21H29N3O3/c1-12(2)16-10-21(16,20(26)22-3)24-18(25)17-9-8-15(14-6-7-14)19(23-17)27-11-13-4-5-13/h8-9,12-14,16H,4-7,10-11H2,1-3H3,(H,22,26)(H,24,25). The number of nitrogens with one attached hydrogen (secondary N) is 2. The van der Waals surface area contributed by atoms with Crippen LogP contribution < -0.4 is 15.4 Å².